The SMILES string of the molecule is [2H]c1c([2H])c([2H])c(-n2c3ccccc3c3cc(-n4c5ccccc5c5cc(C6(c7ccccc7)c7ccccc7-c7ccccc76)ccc54)ccc32)c([2H])c1[2H]. The molecule has 10 aromatic rings. The Kier molecular flexibility index (Phi) is 4.96. The Morgan fingerprint density at radius 3 is 1.55 bits per heavy atom. The highest BCUT2D eigenvalue weighted by molar-refractivity contribution is 6.12. The first kappa shape index (κ1) is 23.7. The maximum absolute atomic E-state index is 8.83. The van der Waals surface area contributed by atoms with Crippen molar-refractivity contribution in [3.8, 4) is 22.5 Å². The molecule has 51 heavy (non-hydrogen) atoms. The van der Waals surface area contributed by atoms with Crippen molar-refractivity contribution >= 4 is 43.6 Å². The lowest BCUT2D eigenvalue weighted by atomic mass is 9.67. The fourth-order valence-corrected chi connectivity index (χ4v) is 8.89. The number of nitrogens with zero attached hydrogens (tertiary/aromatic N) is 2. The van der Waals surface area contributed by atoms with Crippen LogP contribution in [0.4, 0.5) is 0 Å². The molecule has 238 valence electrons. The van der Waals surface area contributed by atoms with Crippen LogP contribution in [0.25, 0.3) is 66.1 Å². The molecule has 11 rings (SSSR count). The van der Waals surface area contributed by atoms with Crippen LogP contribution in [0.5, 0.6) is 0 Å². The highest BCUT2D eigenvalue weighted by Crippen LogP contribution is 2.56. The van der Waals surface area contributed by atoms with Gasteiger partial charge in [-0.25, -0.2) is 0 Å². The molecule has 2 heteroatoms. The summed E-state index contributed by atoms with van der Waals surface area (Å²) in [6.45, 7) is 0. The second kappa shape index (κ2) is 10.7. The molecular weight excluding hydrogens is 617 g/mol. The van der Waals surface area contributed by atoms with E-state index in [9.17, 15) is 0 Å². The summed E-state index contributed by atoms with van der Waals surface area (Å²) in [5.41, 5.74) is 11.8. The van der Waals surface area contributed by atoms with Crippen LogP contribution >= 0.6 is 0 Å². The zero-order chi connectivity index (χ0) is 37.9. The van der Waals surface area contributed by atoms with Crippen molar-refractivity contribution in [1.82, 2.24) is 9.13 Å². The van der Waals surface area contributed by atoms with Crippen molar-refractivity contribution in [2.75, 3.05) is 0 Å². The van der Waals surface area contributed by atoms with E-state index in [2.05, 4.69) is 138 Å². The fourth-order valence-electron chi connectivity index (χ4n) is 8.89. The van der Waals surface area contributed by atoms with E-state index in [0.29, 0.717) is 0 Å². The van der Waals surface area contributed by atoms with E-state index in [-0.39, 0.29) is 29.9 Å². The molecule has 0 saturated heterocycles. The highest BCUT2D eigenvalue weighted by atomic mass is 15.0. The van der Waals surface area contributed by atoms with Crippen molar-refractivity contribution in [3.63, 3.8) is 0 Å². The van der Waals surface area contributed by atoms with Crippen LogP contribution in [0.1, 0.15) is 29.1 Å². The lowest BCUT2D eigenvalue weighted by Gasteiger charge is -2.34. The van der Waals surface area contributed by atoms with Crippen LogP contribution in [0.2, 0.25) is 0 Å². The first-order valence-electron chi connectivity index (χ1n) is 19.8. The summed E-state index contributed by atoms with van der Waals surface area (Å²) >= 11 is 0. The summed E-state index contributed by atoms with van der Waals surface area (Å²) in [4.78, 5) is 0. The molecule has 2 heterocycles. The Morgan fingerprint density at radius 2 is 0.882 bits per heavy atom. The molecule has 0 bridgehead atoms. The molecule has 0 amide bonds. The maximum atomic E-state index is 8.83. The normalized spacial score (nSPS) is 14.6. The van der Waals surface area contributed by atoms with Crippen LogP contribution < -0.4 is 0 Å². The second-order valence-corrected chi connectivity index (χ2v) is 13.3. The minimum atomic E-state index is -0.518. The molecule has 0 saturated carbocycles. The average Bonchev–Trinajstić information content (AvgIpc) is 3.87. The molecule has 0 fully saturated rings. The molecule has 0 radical (unpaired) electrons. The van der Waals surface area contributed by atoms with Gasteiger partial charge in [0.25, 0.3) is 0 Å². The number of aromatic nitrogens is 2. The van der Waals surface area contributed by atoms with Gasteiger partial charge in [-0.2, -0.15) is 0 Å². The zero-order valence-corrected chi connectivity index (χ0v) is 27.5. The third kappa shape index (κ3) is 3.82. The van der Waals surface area contributed by atoms with Gasteiger partial charge in [-0.05, 0) is 87.9 Å². The Balaban J connectivity index is 1.18. The van der Waals surface area contributed by atoms with E-state index in [1.54, 1.807) is 0 Å². The molecule has 8 aromatic carbocycles. The lowest BCUT2D eigenvalue weighted by Crippen LogP contribution is -2.28. The number of para-hydroxylation sites is 3. The van der Waals surface area contributed by atoms with Crippen LogP contribution in [0, 0.1) is 0 Å². The highest BCUT2D eigenvalue weighted by Gasteiger charge is 2.46. The average molecular weight is 654 g/mol. The molecule has 0 N–H and O–H groups in total. The number of fused-ring (bicyclic) bond motifs is 9. The van der Waals surface area contributed by atoms with E-state index >= 15 is 0 Å². The molecule has 0 unspecified atom stereocenters. The summed E-state index contributed by atoms with van der Waals surface area (Å²) < 4.78 is 46.8. The summed E-state index contributed by atoms with van der Waals surface area (Å²) in [5, 5.41) is 4.16. The topological polar surface area (TPSA) is 9.86 Å². The molecule has 1 aliphatic carbocycles. The minimum absolute atomic E-state index is 0.141. The number of hydrogen-bond donors (Lipinski definition) is 0. The zero-order valence-electron chi connectivity index (χ0n) is 32.5. The van der Waals surface area contributed by atoms with Gasteiger partial charge in [-0.1, -0.05) is 139 Å². The van der Waals surface area contributed by atoms with Crippen LogP contribution in [-0.4, -0.2) is 9.13 Å². The van der Waals surface area contributed by atoms with Gasteiger partial charge < -0.3 is 9.13 Å². The van der Waals surface area contributed by atoms with E-state index in [4.69, 9.17) is 6.85 Å². The molecule has 1 aliphatic rings. The van der Waals surface area contributed by atoms with E-state index in [1.807, 2.05) is 34.9 Å². The lowest BCUT2D eigenvalue weighted by molar-refractivity contribution is 0.770. The van der Waals surface area contributed by atoms with Crippen molar-refractivity contribution in [3.05, 3.63) is 216 Å². The smallest absolute Gasteiger partial charge is 0.0713 e. The molecule has 0 spiro atoms. The molecule has 0 atom stereocenters. The summed E-state index contributed by atoms with van der Waals surface area (Å²) in [6, 6.07) is 56.5. The number of benzene rings is 8. The third-order valence-corrected chi connectivity index (χ3v) is 10.9. The van der Waals surface area contributed by atoms with E-state index in [0.717, 1.165) is 49.3 Å². The van der Waals surface area contributed by atoms with Gasteiger partial charge in [0.05, 0.1) is 34.3 Å². The van der Waals surface area contributed by atoms with E-state index in [1.165, 1.54) is 33.4 Å². The summed E-state index contributed by atoms with van der Waals surface area (Å²) in [6.07, 6.45) is 0. The predicted molar refractivity (Wildman–Crippen MR) is 212 cm³/mol. The summed E-state index contributed by atoms with van der Waals surface area (Å²) in [5.74, 6) is 0. The third-order valence-electron chi connectivity index (χ3n) is 10.9. The maximum Gasteiger partial charge on any atom is 0.0713 e. The van der Waals surface area contributed by atoms with E-state index < -0.39 is 11.5 Å². The van der Waals surface area contributed by atoms with Gasteiger partial charge in [0.2, 0.25) is 0 Å². The van der Waals surface area contributed by atoms with Crippen LogP contribution in [0.3, 0.4) is 0 Å². The number of rotatable bonds is 4. The van der Waals surface area contributed by atoms with Crippen molar-refractivity contribution in [1.29, 1.82) is 0 Å². The van der Waals surface area contributed by atoms with Gasteiger partial charge in [-0.15, -0.1) is 0 Å². The Bertz CT molecular complexity index is 3190. The predicted octanol–water partition coefficient (Wildman–Crippen LogP) is 12.2. The van der Waals surface area contributed by atoms with Gasteiger partial charge in [-0.3, -0.25) is 0 Å². The largest absolute Gasteiger partial charge is 0.309 e. The van der Waals surface area contributed by atoms with Gasteiger partial charge >= 0.3 is 0 Å². The molecule has 2 aromatic heterocycles. The molecule has 2 nitrogen and oxygen atoms in total. The molecular formula is C49H32N2. The standard InChI is InChI=1S/C49H32N2/c1-3-15-33(16-4-1)49(43-23-11-7-19-37(43)38-20-8-12-24-44(38)49)34-27-29-47-41(31-34)39-21-9-14-26-46(39)51(47)36-28-30-48-42(32-36)40-22-10-13-25-45(40)50(48)35-17-5-2-6-18-35/h1-32H/i2D,5D,6D,17D,18D. The fraction of sp³-hybridized carbons (Fsp3) is 0.0204. The minimum Gasteiger partial charge on any atom is -0.309 e. The van der Waals surface area contributed by atoms with Gasteiger partial charge in [0, 0.05) is 32.9 Å². The van der Waals surface area contributed by atoms with Crippen LogP contribution in [-0.2, 0) is 5.41 Å². The quantitative estimate of drug-likeness (QED) is 0.179. The first-order valence-corrected chi connectivity index (χ1v) is 17.3. The molecule has 0 aliphatic heterocycles. The van der Waals surface area contributed by atoms with Gasteiger partial charge in [0.15, 0.2) is 0 Å². The number of hydrogen-bond acceptors (Lipinski definition) is 0. The Labute approximate surface area is 303 Å². The van der Waals surface area contributed by atoms with Crippen molar-refractivity contribution in [2.45, 2.75) is 5.41 Å². The second-order valence-electron chi connectivity index (χ2n) is 13.3. The Hall–Kier alpha value is -6.64. The van der Waals surface area contributed by atoms with Crippen molar-refractivity contribution < 1.29 is 6.85 Å². The Morgan fingerprint density at radius 1 is 0.373 bits per heavy atom. The van der Waals surface area contributed by atoms with Crippen molar-refractivity contribution in [2.24, 2.45) is 0 Å². The van der Waals surface area contributed by atoms with Crippen LogP contribution in [0.15, 0.2) is 194 Å². The summed E-state index contributed by atoms with van der Waals surface area (Å²) in [7, 11) is 0. The first-order chi connectivity index (χ1) is 27.4. The monoisotopic (exact) mass is 653 g/mol. The van der Waals surface area contributed by atoms with Gasteiger partial charge in [0.1, 0.15) is 0 Å².